The molecular formula is C12H22N4. The quantitative estimate of drug-likeness (QED) is 0.825. The van der Waals surface area contributed by atoms with Gasteiger partial charge in [0.05, 0.1) is 17.4 Å². The standard InChI is InChI=1S/C12H22N4/c1-3-12-11(7-8-13)14-15-16(12)9(2)10-5-4-6-10/h9-10H,3-8,13H2,1-2H3. The van der Waals surface area contributed by atoms with E-state index < -0.39 is 0 Å². The maximum absolute atomic E-state index is 5.59. The molecule has 0 bridgehead atoms. The van der Waals surface area contributed by atoms with Crippen molar-refractivity contribution < 1.29 is 0 Å². The minimum Gasteiger partial charge on any atom is -0.330 e. The predicted molar refractivity (Wildman–Crippen MR) is 64.2 cm³/mol. The maximum atomic E-state index is 5.59. The van der Waals surface area contributed by atoms with Crippen LogP contribution >= 0.6 is 0 Å². The molecule has 0 aromatic carbocycles. The fourth-order valence-corrected chi connectivity index (χ4v) is 2.49. The van der Waals surface area contributed by atoms with E-state index in [0.717, 1.165) is 24.5 Å². The van der Waals surface area contributed by atoms with Gasteiger partial charge >= 0.3 is 0 Å². The Kier molecular flexibility index (Phi) is 3.59. The Morgan fingerprint density at radius 3 is 2.75 bits per heavy atom. The van der Waals surface area contributed by atoms with Gasteiger partial charge in [0, 0.05) is 6.42 Å². The zero-order valence-corrected chi connectivity index (χ0v) is 10.3. The molecule has 1 fully saturated rings. The molecule has 4 heteroatoms. The molecule has 2 N–H and O–H groups in total. The predicted octanol–water partition coefficient (Wildman–Crippen LogP) is 1.70. The third-order valence-corrected chi connectivity index (χ3v) is 3.81. The van der Waals surface area contributed by atoms with Gasteiger partial charge in [0.15, 0.2) is 0 Å². The highest BCUT2D eigenvalue weighted by Gasteiger charge is 2.27. The molecule has 1 aliphatic carbocycles. The molecule has 90 valence electrons. The van der Waals surface area contributed by atoms with E-state index in [4.69, 9.17) is 5.73 Å². The molecule has 1 aromatic rings. The Morgan fingerprint density at radius 1 is 1.50 bits per heavy atom. The lowest BCUT2D eigenvalue weighted by Crippen LogP contribution is -2.25. The molecule has 4 nitrogen and oxygen atoms in total. The van der Waals surface area contributed by atoms with E-state index in [9.17, 15) is 0 Å². The van der Waals surface area contributed by atoms with Crippen molar-refractivity contribution in [1.82, 2.24) is 15.0 Å². The van der Waals surface area contributed by atoms with Crippen LogP contribution in [0, 0.1) is 5.92 Å². The van der Waals surface area contributed by atoms with Crippen molar-refractivity contribution in [2.24, 2.45) is 11.7 Å². The molecule has 0 saturated heterocycles. The van der Waals surface area contributed by atoms with Crippen LogP contribution in [-0.2, 0) is 12.8 Å². The highest BCUT2D eigenvalue weighted by molar-refractivity contribution is 5.11. The van der Waals surface area contributed by atoms with Gasteiger partial charge in [-0.05, 0) is 38.6 Å². The summed E-state index contributed by atoms with van der Waals surface area (Å²) in [7, 11) is 0. The average molecular weight is 222 g/mol. The van der Waals surface area contributed by atoms with Crippen molar-refractivity contribution in [3.05, 3.63) is 11.4 Å². The highest BCUT2D eigenvalue weighted by Crippen LogP contribution is 2.36. The summed E-state index contributed by atoms with van der Waals surface area (Å²) in [6.07, 6.45) is 5.91. The average Bonchev–Trinajstić information content (AvgIpc) is 2.58. The highest BCUT2D eigenvalue weighted by atomic mass is 15.4. The largest absolute Gasteiger partial charge is 0.330 e. The van der Waals surface area contributed by atoms with Crippen LogP contribution in [0.5, 0.6) is 0 Å². The van der Waals surface area contributed by atoms with Crippen molar-refractivity contribution in [1.29, 1.82) is 0 Å². The van der Waals surface area contributed by atoms with Crippen LogP contribution in [0.1, 0.15) is 50.5 Å². The van der Waals surface area contributed by atoms with Gasteiger partial charge in [-0.25, -0.2) is 4.68 Å². The Labute approximate surface area is 97.2 Å². The lowest BCUT2D eigenvalue weighted by atomic mass is 9.80. The first kappa shape index (κ1) is 11.6. The molecule has 2 rings (SSSR count). The molecular weight excluding hydrogens is 200 g/mol. The Balaban J connectivity index is 2.18. The van der Waals surface area contributed by atoms with Gasteiger partial charge in [0.1, 0.15) is 0 Å². The van der Waals surface area contributed by atoms with E-state index in [0.29, 0.717) is 12.6 Å². The summed E-state index contributed by atoms with van der Waals surface area (Å²) in [4.78, 5) is 0. The molecule has 16 heavy (non-hydrogen) atoms. The van der Waals surface area contributed by atoms with Gasteiger partial charge in [0.2, 0.25) is 0 Å². The minimum atomic E-state index is 0.503. The monoisotopic (exact) mass is 222 g/mol. The number of hydrogen-bond donors (Lipinski definition) is 1. The number of hydrogen-bond acceptors (Lipinski definition) is 3. The Bertz CT molecular complexity index is 341. The molecule has 0 aliphatic heterocycles. The van der Waals surface area contributed by atoms with Crippen LogP contribution in [0.25, 0.3) is 0 Å². The number of aromatic nitrogens is 3. The van der Waals surface area contributed by atoms with Crippen LogP contribution in [-0.4, -0.2) is 21.5 Å². The molecule has 1 aliphatic rings. The van der Waals surface area contributed by atoms with Crippen molar-refractivity contribution >= 4 is 0 Å². The first-order chi connectivity index (χ1) is 7.77. The van der Waals surface area contributed by atoms with E-state index in [-0.39, 0.29) is 0 Å². The van der Waals surface area contributed by atoms with Gasteiger partial charge < -0.3 is 5.73 Å². The van der Waals surface area contributed by atoms with Crippen molar-refractivity contribution in [2.45, 2.75) is 52.0 Å². The zero-order chi connectivity index (χ0) is 11.5. The van der Waals surface area contributed by atoms with E-state index in [2.05, 4.69) is 28.8 Å². The third kappa shape index (κ3) is 1.98. The molecule has 1 unspecified atom stereocenters. The first-order valence-corrected chi connectivity index (χ1v) is 6.41. The van der Waals surface area contributed by atoms with Crippen LogP contribution in [0.4, 0.5) is 0 Å². The normalized spacial score (nSPS) is 18.4. The van der Waals surface area contributed by atoms with Crippen molar-refractivity contribution in [3.8, 4) is 0 Å². The third-order valence-electron chi connectivity index (χ3n) is 3.81. The maximum Gasteiger partial charge on any atom is 0.0871 e. The Morgan fingerprint density at radius 2 is 2.25 bits per heavy atom. The second-order valence-electron chi connectivity index (χ2n) is 4.75. The molecule has 0 spiro atoms. The number of nitrogens with two attached hydrogens (primary N) is 1. The molecule has 1 aromatic heterocycles. The van der Waals surface area contributed by atoms with E-state index in [1.165, 1.54) is 25.0 Å². The van der Waals surface area contributed by atoms with E-state index in [1.54, 1.807) is 0 Å². The van der Waals surface area contributed by atoms with Crippen LogP contribution in [0.15, 0.2) is 0 Å². The van der Waals surface area contributed by atoms with E-state index >= 15 is 0 Å². The SMILES string of the molecule is CCc1c(CCN)nnn1C(C)C1CCC1. The topological polar surface area (TPSA) is 56.7 Å². The minimum absolute atomic E-state index is 0.503. The molecule has 1 saturated carbocycles. The summed E-state index contributed by atoms with van der Waals surface area (Å²) < 4.78 is 2.13. The second-order valence-corrected chi connectivity index (χ2v) is 4.75. The van der Waals surface area contributed by atoms with Crippen molar-refractivity contribution in [3.63, 3.8) is 0 Å². The molecule has 0 amide bonds. The molecule has 0 radical (unpaired) electrons. The fourth-order valence-electron chi connectivity index (χ4n) is 2.49. The van der Waals surface area contributed by atoms with Crippen LogP contribution < -0.4 is 5.73 Å². The Hall–Kier alpha value is -0.900. The van der Waals surface area contributed by atoms with Gasteiger partial charge in [-0.1, -0.05) is 18.6 Å². The lowest BCUT2D eigenvalue weighted by Gasteiger charge is -2.32. The van der Waals surface area contributed by atoms with Gasteiger partial charge in [-0.3, -0.25) is 0 Å². The molecule has 1 heterocycles. The summed E-state index contributed by atoms with van der Waals surface area (Å²) in [6, 6.07) is 0.503. The van der Waals surface area contributed by atoms with Crippen LogP contribution in [0.3, 0.4) is 0 Å². The van der Waals surface area contributed by atoms with E-state index in [1.807, 2.05) is 0 Å². The molecule has 1 atom stereocenters. The summed E-state index contributed by atoms with van der Waals surface area (Å²) in [5.74, 6) is 0.803. The van der Waals surface area contributed by atoms with Crippen LogP contribution in [0.2, 0.25) is 0 Å². The zero-order valence-electron chi connectivity index (χ0n) is 10.3. The van der Waals surface area contributed by atoms with Gasteiger partial charge in [-0.2, -0.15) is 0 Å². The summed E-state index contributed by atoms with van der Waals surface area (Å²) in [6.45, 7) is 5.09. The number of nitrogens with zero attached hydrogens (tertiary/aromatic N) is 3. The van der Waals surface area contributed by atoms with Gasteiger partial charge in [-0.15, -0.1) is 5.10 Å². The van der Waals surface area contributed by atoms with Crippen molar-refractivity contribution in [2.75, 3.05) is 6.54 Å². The second kappa shape index (κ2) is 4.95. The summed E-state index contributed by atoms with van der Waals surface area (Å²) in [5, 5.41) is 8.59. The summed E-state index contributed by atoms with van der Waals surface area (Å²) >= 11 is 0. The lowest BCUT2D eigenvalue weighted by molar-refractivity contribution is 0.205. The van der Waals surface area contributed by atoms with Gasteiger partial charge in [0.25, 0.3) is 0 Å². The summed E-state index contributed by atoms with van der Waals surface area (Å²) in [5.41, 5.74) is 7.97. The smallest absolute Gasteiger partial charge is 0.0871 e. The fraction of sp³-hybridized carbons (Fsp3) is 0.833. The first-order valence-electron chi connectivity index (χ1n) is 6.41. The number of rotatable bonds is 5.